The molecule has 36 heavy (non-hydrogen) atoms. The maximum absolute atomic E-state index is 14.4. The molecule has 10 heteroatoms. The normalized spacial score (nSPS) is 22.8. The zero-order chi connectivity index (χ0) is 24.8. The zero-order valence-electron chi connectivity index (χ0n) is 20.0. The highest BCUT2D eigenvalue weighted by Gasteiger charge is 2.54. The van der Waals surface area contributed by atoms with Crippen LogP contribution in [-0.2, 0) is 22.9 Å². The molecule has 7 rings (SSSR count). The minimum Gasteiger partial charge on any atom is -0.368 e. The number of hydrogen-bond acceptors (Lipinski definition) is 6. The summed E-state index contributed by atoms with van der Waals surface area (Å²) in [6.07, 6.45) is 2.01. The van der Waals surface area contributed by atoms with Crippen LogP contribution in [0.1, 0.15) is 41.5 Å². The number of halogens is 2. The van der Waals surface area contributed by atoms with Gasteiger partial charge in [0.2, 0.25) is 0 Å². The van der Waals surface area contributed by atoms with Crippen LogP contribution in [0, 0.1) is 18.2 Å². The Balaban J connectivity index is 1.14. The average Bonchev–Trinajstić information content (AvgIpc) is 3.07. The van der Waals surface area contributed by atoms with Crippen molar-refractivity contribution in [3.8, 4) is 5.69 Å². The summed E-state index contributed by atoms with van der Waals surface area (Å²) in [4.78, 5) is 4.33. The first kappa shape index (κ1) is 22.7. The highest BCUT2D eigenvalue weighted by atomic mass is 35.5. The molecule has 2 saturated heterocycles. The maximum Gasteiger partial charge on any atom is 0.153 e. The van der Waals surface area contributed by atoms with Crippen LogP contribution in [-0.4, -0.2) is 58.7 Å². The standard InChI is InChI=1S/C26H27ClFN5O2S/c1-16-2-4-21(28)23(6-16)32-14-26(15-32)8-18(9-26)25-30-29-24-11-31(20-12-36(34,35)13-20)10-17-7-19(27)3-5-22(17)33(24)25/h2-7,18,20H,8-15H2,1H3. The van der Waals surface area contributed by atoms with Crippen LogP contribution < -0.4 is 4.90 Å². The van der Waals surface area contributed by atoms with E-state index in [1.165, 1.54) is 0 Å². The van der Waals surface area contributed by atoms with Gasteiger partial charge in [-0.25, -0.2) is 12.8 Å². The van der Waals surface area contributed by atoms with Gasteiger partial charge < -0.3 is 4.90 Å². The first-order valence-corrected chi connectivity index (χ1v) is 14.6. The van der Waals surface area contributed by atoms with Crippen molar-refractivity contribution in [1.82, 2.24) is 19.7 Å². The molecule has 1 saturated carbocycles. The van der Waals surface area contributed by atoms with Crippen molar-refractivity contribution in [2.45, 2.75) is 44.8 Å². The number of aromatic nitrogens is 3. The minimum absolute atomic E-state index is 0.0107. The predicted octanol–water partition coefficient (Wildman–Crippen LogP) is 3.86. The summed E-state index contributed by atoms with van der Waals surface area (Å²) in [7, 11) is -2.94. The van der Waals surface area contributed by atoms with Crippen LogP contribution in [0.3, 0.4) is 0 Å². The monoisotopic (exact) mass is 527 g/mol. The van der Waals surface area contributed by atoms with E-state index in [9.17, 15) is 12.8 Å². The lowest BCUT2D eigenvalue weighted by Crippen LogP contribution is -2.62. The van der Waals surface area contributed by atoms with Gasteiger partial charge in [-0.05, 0) is 61.2 Å². The molecule has 0 unspecified atom stereocenters. The van der Waals surface area contributed by atoms with E-state index >= 15 is 0 Å². The smallest absolute Gasteiger partial charge is 0.153 e. The van der Waals surface area contributed by atoms with Crippen molar-refractivity contribution in [2.75, 3.05) is 29.5 Å². The summed E-state index contributed by atoms with van der Waals surface area (Å²) in [5, 5.41) is 9.87. The summed E-state index contributed by atoms with van der Waals surface area (Å²) in [5.74, 6) is 2.30. The molecule has 0 N–H and O–H groups in total. The SMILES string of the molecule is Cc1ccc(F)c(N2CC3(CC(c4nnc5n4-c4ccc(Cl)cc4CN(C4CS(=O)(=O)C4)C5)C3)C2)c1. The molecule has 2 aromatic carbocycles. The molecular formula is C26H27ClFN5O2S. The van der Waals surface area contributed by atoms with Crippen molar-refractivity contribution >= 4 is 27.1 Å². The maximum atomic E-state index is 14.4. The molecule has 0 radical (unpaired) electrons. The Bertz CT molecular complexity index is 1480. The Morgan fingerprint density at radius 1 is 1.03 bits per heavy atom. The lowest BCUT2D eigenvalue weighted by molar-refractivity contribution is 0.0582. The lowest BCUT2D eigenvalue weighted by Gasteiger charge is -2.59. The number of anilines is 1. The van der Waals surface area contributed by atoms with E-state index in [-0.39, 0.29) is 34.7 Å². The second-order valence-corrected chi connectivity index (χ2v) is 13.7. The van der Waals surface area contributed by atoms with Crippen molar-refractivity contribution < 1.29 is 12.8 Å². The van der Waals surface area contributed by atoms with E-state index in [4.69, 9.17) is 11.6 Å². The van der Waals surface area contributed by atoms with Gasteiger partial charge in [-0.3, -0.25) is 9.47 Å². The molecular weight excluding hydrogens is 501 g/mol. The van der Waals surface area contributed by atoms with Gasteiger partial charge in [-0.15, -0.1) is 10.2 Å². The fourth-order valence-electron chi connectivity index (χ4n) is 6.55. The zero-order valence-corrected chi connectivity index (χ0v) is 21.6. The Labute approximate surface area is 214 Å². The fraction of sp³-hybridized carbons (Fsp3) is 0.462. The first-order valence-electron chi connectivity index (χ1n) is 12.4. The summed E-state index contributed by atoms with van der Waals surface area (Å²) < 4.78 is 40.2. The molecule has 3 aromatic rings. The molecule has 3 fully saturated rings. The minimum atomic E-state index is -2.94. The molecule has 1 aliphatic carbocycles. The molecule has 1 aromatic heterocycles. The van der Waals surface area contributed by atoms with Crippen LogP contribution in [0.5, 0.6) is 0 Å². The van der Waals surface area contributed by atoms with Gasteiger partial charge >= 0.3 is 0 Å². The second kappa shape index (κ2) is 7.76. The van der Waals surface area contributed by atoms with Crippen molar-refractivity contribution in [2.24, 2.45) is 5.41 Å². The van der Waals surface area contributed by atoms with E-state index in [0.717, 1.165) is 54.4 Å². The van der Waals surface area contributed by atoms with Crippen LogP contribution in [0.25, 0.3) is 5.69 Å². The second-order valence-electron chi connectivity index (χ2n) is 11.1. The van der Waals surface area contributed by atoms with Gasteiger partial charge in [0.05, 0.1) is 29.4 Å². The highest BCUT2D eigenvalue weighted by Crippen LogP contribution is 2.57. The Morgan fingerprint density at radius 3 is 2.56 bits per heavy atom. The summed E-state index contributed by atoms with van der Waals surface area (Å²) in [6.45, 7) is 4.90. The first-order chi connectivity index (χ1) is 17.2. The molecule has 4 aliphatic rings. The van der Waals surface area contributed by atoms with E-state index in [1.54, 1.807) is 12.1 Å². The Morgan fingerprint density at radius 2 is 1.81 bits per heavy atom. The molecule has 188 valence electrons. The number of rotatable bonds is 3. The predicted molar refractivity (Wildman–Crippen MR) is 136 cm³/mol. The molecule has 1 spiro atoms. The molecule has 0 bridgehead atoms. The van der Waals surface area contributed by atoms with Crippen LogP contribution >= 0.6 is 11.6 Å². The lowest BCUT2D eigenvalue weighted by atomic mass is 9.57. The number of fused-ring (bicyclic) bond motifs is 3. The Hall–Kier alpha value is -2.49. The third kappa shape index (κ3) is 3.58. The fourth-order valence-corrected chi connectivity index (χ4v) is 8.24. The number of aryl methyl sites for hydroxylation is 1. The van der Waals surface area contributed by atoms with Gasteiger partial charge in [0.1, 0.15) is 11.6 Å². The third-order valence-electron chi connectivity index (χ3n) is 8.38. The van der Waals surface area contributed by atoms with Crippen LogP contribution in [0.2, 0.25) is 5.02 Å². The van der Waals surface area contributed by atoms with Gasteiger partial charge in [0.25, 0.3) is 0 Å². The van der Waals surface area contributed by atoms with Crippen LogP contribution in [0.4, 0.5) is 10.1 Å². The van der Waals surface area contributed by atoms with Gasteiger partial charge in [-0.2, -0.15) is 0 Å². The van der Waals surface area contributed by atoms with Gasteiger partial charge in [-0.1, -0.05) is 17.7 Å². The molecule has 0 amide bonds. The van der Waals surface area contributed by atoms with Crippen molar-refractivity contribution in [3.05, 3.63) is 70.0 Å². The molecule has 0 atom stereocenters. The largest absolute Gasteiger partial charge is 0.368 e. The quantitative estimate of drug-likeness (QED) is 0.515. The number of hydrogen-bond donors (Lipinski definition) is 0. The van der Waals surface area contributed by atoms with Gasteiger partial charge in [0.15, 0.2) is 15.7 Å². The van der Waals surface area contributed by atoms with E-state index in [2.05, 4.69) is 24.6 Å². The van der Waals surface area contributed by atoms with E-state index in [1.807, 2.05) is 31.2 Å². The molecule has 4 heterocycles. The van der Waals surface area contributed by atoms with Crippen LogP contribution in [0.15, 0.2) is 36.4 Å². The summed E-state index contributed by atoms with van der Waals surface area (Å²) in [5.41, 5.74) is 4.05. The van der Waals surface area contributed by atoms with E-state index in [0.29, 0.717) is 23.8 Å². The van der Waals surface area contributed by atoms with Gasteiger partial charge in [0, 0.05) is 42.0 Å². The summed E-state index contributed by atoms with van der Waals surface area (Å²) in [6, 6.07) is 11.2. The third-order valence-corrected chi connectivity index (χ3v) is 10.4. The molecule has 3 aliphatic heterocycles. The number of benzene rings is 2. The topological polar surface area (TPSA) is 71.3 Å². The van der Waals surface area contributed by atoms with Crippen molar-refractivity contribution in [1.29, 1.82) is 0 Å². The average molecular weight is 528 g/mol. The van der Waals surface area contributed by atoms with E-state index < -0.39 is 9.84 Å². The number of sulfone groups is 1. The Kier molecular flexibility index (Phi) is 4.89. The number of nitrogens with zero attached hydrogens (tertiary/aromatic N) is 5. The van der Waals surface area contributed by atoms with Crippen molar-refractivity contribution in [3.63, 3.8) is 0 Å². The summed E-state index contributed by atoms with van der Waals surface area (Å²) >= 11 is 6.35. The highest BCUT2D eigenvalue weighted by molar-refractivity contribution is 7.92. The molecule has 7 nitrogen and oxygen atoms in total.